The first-order valence-corrected chi connectivity index (χ1v) is 7.68. The van der Waals surface area contributed by atoms with Gasteiger partial charge in [0.05, 0.1) is 30.2 Å². The Morgan fingerprint density at radius 1 is 1.35 bits per heavy atom. The molecule has 1 amide bonds. The second kappa shape index (κ2) is 6.04. The number of aromatic nitrogens is 4. The highest BCUT2D eigenvalue weighted by molar-refractivity contribution is 6.31. The average Bonchev–Trinajstić information content (AvgIpc) is 2.99. The molecule has 0 unspecified atom stereocenters. The lowest BCUT2D eigenvalue weighted by atomic mass is 10.2. The number of benzene rings is 1. The fourth-order valence-electron chi connectivity index (χ4n) is 2.51. The van der Waals surface area contributed by atoms with Gasteiger partial charge in [0.1, 0.15) is 5.82 Å². The Hall–Kier alpha value is -2.34. The third-order valence-corrected chi connectivity index (χ3v) is 4.30. The predicted molar refractivity (Wildman–Crippen MR) is 89.2 cm³/mol. The van der Waals surface area contributed by atoms with Crippen LogP contribution in [0.4, 0.5) is 0 Å². The SMILES string of the molecule is Cc1c(CC(=O)NCc2nc3cc(Cl)ccc3n2C)cnn1C. The highest BCUT2D eigenvalue weighted by atomic mass is 35.5. The van der Waals surface area contributed by atoms with Gasteiger partial charge < -0.3 is 9.88 Å². The molecule has 0 saturated carbocycles. The summed E-state index contributed by atoms with van der Waals surface area (Å²) in [7, 11) is 3.79. The van der Waals surface area contributed by atoms with E-state index in [4.69, 9.17) is 11.6 Å². The van der Waals surface area contributed by atoms with Crippen LogP contribution in [-0.4, -0.2) is 25.2 Å². The summed E-state index contributed by atoms with van der Waals surface area (Å²) < 4.78 is 3.72. The molecule has 2 heterocycles. The van der Waals surface area contributed by atoms with Crippen LogP contribution in [0.25, 0.3) is 11.0 Å². The minimum absolute atomic E-state index is 0.0498. The van der Waals surface area contributed by atoms with Crippen LogP contribution in [-0.2, 0) is 31.9 Å². The van der Waals surface area contributed by atoms with E-state index in [2.05, 4.69) is 15.4 Å². The predicted octanol–water partition coefficient (Wildman–Crippen LogP) is 2.13. The molecular weight excluding hydrogens is 314 g/mol. The highest BCUT2D eigenvalue weighted by Gasteiger charge is 2.12. The van der Waals surface area contributed by atoms with Crippen molar-refractivity contribution < 1.29 is 4.79 Å². The molecule has 7 heteroatoms. The first-order valence-electron chi connectivity index (χ1n) is 7.30. The lowest BCUT2D eigenvalue weighted by Gasteiger charge is -2.05. The zero-order chi connectivity index (χ0) is 16.6. The monoisotopic (exact) mass is 331 g/mol. The Labute approximate surface area is 139 Å². The van der Waals surface area contributed by atoms with E-state index in [1.165, 1.54) is 0 Å². The number of rotatable bonds is 4. The van der Waals surface area contributed by atoms with Crippen molar-refractivity contribution in [2.75, 3.05) is 0 Å². The van der Waals surface area contributed by atoms with E-state index in [-0.39, 0.29) is 5.91 Å². The molecule has 0 radical (unpaired) electrons. The molecule has 2 aromatic heterocycles. The van der Waals surface area contributed by atoms with E-state index >= 15 is 0 Å². The van der Waals surface area contributed by atoms with Gasteiger partial charge in [-0.1, -0.05) is 11.6 Å². The molecule has 0 aliphatic rings. The van der Waals surface area contributed by atoms with Gasteiger partial charge in [-0.25, -0.2) is 4.98 Å². The van der Waals surface area contributed by atoms with E-state index in [0.717, 1.165) is 28.1 Å². The van der Waals surface area contributed by atoms with Gasteiger partial charge in [-0.2, -0.15) is 5.10 Å². The molecule has 23 heavy (non-hydrogen) atoms. The number of amides is 1. The number of imidazole rings is 1. The van der Waals surface area contributed by atoms with E-state index in [0.29, 0.717) is 18.0 Å². The molecule has 0 bridgehead atoms. The van der Waals surface area contributed by atoms with E-state index in [9.17, 15) is 4.79 Å². The van der Waals surface area contributed by atoms with Crippen molar-refractivity contribution in [3.8, 4) is 0 Å². The molecule has 6 nitrogen and oxygen atoms in total. The van der Waals surface area contributed by atoms with E-state index < -0.39 is 0 Å². The molecule has 0 spiro atoms. The Kier molecular flexibility index (Phi) is 4.09. The van der Waals surface area contributed by atoms with Gasteiger partial charge in [0, 0.05) is 30.4 Å². The van der Waals surface area contributed by atoms with Crippen LogP contribution in [0.2, 0.25) is 5.02 Å². The largest absolute Gasteiger partial charge is 0.349 e. The zero-order valence-electron chi connectivity index (χ0n) is 13.3. The number of aryl methyl sites for hydroxylation is 2. The molecule has 1 N–H and O–H groups in total. The van der Waals surface area contributed by atoms with Crippen LogP contribution in [0.15, 0.2) is 24.4 Å². The van der Waals surface area contributed by atoms with Gasteiger partial charge in [-0.15, -0.1) is 0 Å². The molecule has 120 valence electrons. The Morgan fingerprint density at radius 3 is 2.83 bits per heavy atom. The van der Waals surface area contributed by atoms with Crippen molar-refractivity contribution >= 4 is 28.5 Å². The van der Waals surface area contributed by atoms with Crippen LogP contribution in [0.3, 0.4) is 0 Å². The fraction of sp³-hybridized carbons (Fsp3) is 0.312. The first kappa shape index (κ1) is 15.6. The molecule has 0 saturated heterocycles. The number of nitrogens with one attached hydrogen (secondary N) is 1. The topological polar surface area (TPSA) is 64.7 Å². The smallest absolute Gasteiger partial charge is 0.224 e. The third kappa shape index (κ3) is 3.07. The minimum atomic E-state index is -0.0498. The number of fused-ring (bicyclic) bond motifs is 1. The standard InChI is InChI=1S/C16H18ClN5O/c1-10-11(8-19-22(10)3)6-16(23)18-9-15-20-13-7-12(17)4-5-14(13)21(15)2/h4-5,7-8H,6,9H2,1-3H3,(H,18,23). The Morgan fingerprint density at radius 2 is 2.13 bits per heavy atom. The van der Waals surface area contributed by atoms with Crippen LogP contribution in [0.1, 0.15) is 17.1 Å². The third-order valence-electron chi connectivity index (χ3n) is 4.07. The van der Waals surface area contributed by atoms with Gasteiger partial charge >= 0.3 is 0 Å². The first-order chi connectivity index (χ1) is 11.0. The van der Waals surface area contributed by atoms with Crippen LogP contribution in [0.5, 0.6) is 0 Å². The molecule has 3 aromatic rings. The molecule has 0 atom stereocenters. The second-order valence-electron chi connectivity index (χ2n) is 5.55. The summed E-state index contributed by atoms with van der Waals surface area (Å²) in [6.07, 6.45) is 2.04. The van der Waals surface area contributed by atoms with Gasteiger partial charge in [-0.05, 0) is 25.1 Å². The lowest BCUT2D eigenvalue weighted by Crippen LogP contribution is -2.26. The lowest BCUT2D eigenvalue weighted by molar-refractivity contribution is -0.120. The summed E-state index contributed by atoms with van der Waals surface area (Å²) in [6, 6.07) is 5.58. The van der Waals surface area contributed by atoms with Crippen molar-refractivity contribution in [3.05, 3.63) is 46.5 Å². The number of carbonyl (C=O) groups excluding carboxylic acids is 1. The maximum absolute atomic E-state index is 12.1. The Balaban J connectivity index is 1.69. The maximum atomic E-state index is 12.1. The Bertz CT molecular complexity index is 880. The van der Waals surface area contributed by atoms with Crippen molar-refractivity contribution in [2.24, 2.45) is 14.1 Å². The normalized spacial score (nSPS) is 11.1. The summed E-state index contributed by atoms with van der Waals surface area (Å²) in [6.45, 7) is 2.33. The van der Waals surface area contributed by atoms with Crippen LogP contribution < -0.4 is 5.32 Å². The van der Waals surface area contributed by atoms with Crippen molar-refractivity contribution in [1.29, 1.82) is 0 Å². The summed E-state index contributed by atoms with van der Waals surface area (Å²) in [5.41, 5.74) is 3.74. The van der Waals surface area contributed by atoms with Crippen LogP contribution in [0, 0.1) is 6.92 Å². The summed E-state index contributed by atoms with van der Waals surface area (Å²) in [4.78, 5) is 16.6. The summed E-state index contributed by atoms with van der Waals surface area (Å²) in [5, 5.41) is 7.71. The van der Waals surface area contributed by atoms with Crippen molar-refractivity contribution in [3.63, 3.8) is 0 Å². The van der Waals surface area contributed by atoms with Gasteiger partial charge in [0.25, 0.3) is 0 Å². The number of halogens is 1. The number of hydrogen-bond donors (Lipinski definition) is 1. The second-order valence-corrected chi connectivity index (χ2v) is 5.99. The number of carbonyl (C=O) groups is 1. The summed E-state index contributed by atoms with van der Waals surface area (Å²) in [5.74, 6) is 0.740. The van der Waals surface area contributed by atoms with Gasteiger partial charge in [0.2, 0.25) is 5.91 Å². The van der Waals surface area contributed by atoms with E-state index in [1.54, 1.807) is 10.9 Å². The molecule has 0 aliphatic heterocycles. The van der Waals surface area contributed by atoms with Crippen molar-refractivity contribution in [2.45, 2.75) is 19.9 Å². The molecular formula is C16H18ClN5O. The zero-order valence-corrected chi connectivity index (χ0v) is 14.1. The average molecular weight is 332 g/mol. The fourth-order valence-corrected chi connectivity index (χ4v) is 2.68. The molecule has 1 aromatic carbocycles. The van der Waals surface area contributed by atoms with Gasteiger partial charge in [-0.3, -0.25) is 9.48 Å². The number of nitrogens with zero attached hydrogens (tertiary/aromatic N) is 4. The van der Waals surface area contributed by atoms with Crippen LogP contribution >= 0.6 is 11.6 Å². The minimum Gasteiger partial charge on any atom is -0.349 e. The van der Waals surface area contributed by atoms with Crippen molar-refractivity contribution in [1.82, 2.24) is 24.6 Å². The summed E-state index contributed by atoms with van der Waals surface area (Å²) >= 11 is 5.99. The van der Waals surface area contributed by atoms with E-state index in [1.807, 2.05) is 43.8 Å². The molecule has 0 fully saturated rings. The number of hydrogen-bond acceptors (Lipinski definition) is 3. The van der Waals surface area contributed by atoms with Gasteiger partial charge in [0.15, 0.2) is 0 Å². The molecule has 3 rings (SSSR count). The quantitative estimate of drug-likeness (QED) is 0.796. The molecule has 0 aliphatic carbocycles. The maximum Gasteiger partial charge on any atom is 0.224 e. The highest BCUT2D eigenvalue weighted by Crippen LogP contribution is 2.19.